The van der Waals surface area contributed by atoms with Crippen LogP contribution < -0.4 is 10.2 Å². The first-order chi connectivity index (χ1) is 17.1. The zero-order valence-corrected chi connectivity index (χ0v) is 19.3. The number of nitrogens with one attached hydrogen (secondary N) is 1. The van der Waals surface area contributed by atoms with Crippen LogP contribution in [0.3, 0.4) is 0 Å². The van der Waals surface area contributed by atoms with Gasteiger partial charge in [-0.25, -0.2) is 19.3 Å². The SMILES string of the molecule is Cc1nc2c(N3CCOCCC3=O)cc3c(N[C@H](C)c4cccc(C(F)(F)F)c4F)ncnc3n2n1. The molecular weight excluding hydrogens is 482 g/mol. The Hall–Kier alpha value is -3.87. The molecule has 13 heteroatoms. The summed E-state index contributed by atoms with van der Waals surface area (Å²) in [5.74, 6) is -0.817. The minimum atomic E-state index is -4.82. The van der Waals surface area contributed by atoms with Crippen LogP contribution in [0.15, 0.2) is 30.6 Å². The van der Waals surface area contributed by atoms with Crippen LogP contribution in [0.5, 0.6) is 0 Å². The Kier molecular flexibility index (Phi) is 5.94. The van der Waals surface area contributed by atoms with Crippen LogP contribution in [0.2, 0.25) is 0 Å². The van der Waals surface area contributed by atoms with Gasteiger partial charge in [0.15, 0.2) is 11.3 Å². The fraction of sp³-hybridized carbons (Fsp3) is 0.348. The Labute approximate surface area is 202 Å². The number of aryl methyl sites for hydroxylation is 1. The summed E-state index contributed by atoms with van der Waals surface area (Å²) in [5, 5.41) is 7.84. The number of amides is 1. The summed E-state index contributed by atoms with van der Waals surface area (Å²) < 4.78 is 61.4. The van der Waals surface area contributed by atoms with Gasteiger partial charge in [-0.2, -0.15) is 17.7 Å². The highest BCUT2D eigenvalue weighted by Crippen LogP contribution is 2.36. The molecule has 1 atom stereocenters. The third kappa shape index (κ3) is 4.19. The summed E-state index contributed by atoms with van der Waals surface area (Å²) in [6.07, 6.45) is -3.36. The van der Waals surface area contributed by atoms with Crippen molar-refractivity contribution in [3.05, 3.63) is 53.4 Å². The van der Waals surface area contributed by atoms with Crippen LogP contribution in [-0.2, 0) is 15.7 Å². The van der Waals surface area contributed by atoms with Crippen molar-refractivity contribution in [2.24, 2.45) is 0 Å². The van der Waals surface area contributed by atoms with E-state index < -0.39 is 23.6 Å². The lowest BCUT2D eigenvalue weighted by Gasteiger charge is -2.22. The van der Waals surface area contributed by atoms with E-state index >= 15 is 0 Å². The highest BCUT2D eigenvalue weighted by molar-refractivity contribution is 6.01. The van der Waals surface area contributed by atoms with Crippen molar-refractivity contribution in [1.29, 1.82) is 0 Å². The van der Waals surface area contributed by atoms with E-state index in [4.69, 9.17) is 4.74 Å². The highest BCUT2D eigenvalue weighted by Gasteiger charge is 2.35. The molecule has 188 valence electrons. The lowest BCUT2D eigenvalue weighted by Crippen LogP contribution is -2.32. The Bertz CT molecular complexity index is 1470. The van der Waals surface area contributed by atoms with Crippen LogP contribution in [0.25, 0.3) is 16.7 Å². The molecule has 0 bridgehead atoms. The van der Waals surface area contributed by atoms with Crippen LogP contribution in [-0.4, -0.2) is 50.2 Å². The van der Waals surface area contributed by atoms with E-state index in [-0.39, 0.29) is 23.7 Å². The fourth-order valence-electron chi connectivity index (χ4n) is 4.25. The van der Waals surface area contributed by atoms with Gasteiger partial charge in [0.2, 0.25) is 5.91 Å². The van der Waals surface area contributed by atoms with Crippen LogP contribution in [0, 0.1) is 12.7 Å². The minimum absolute atomic E-state index is 0.153. The lowest BCUT2D eigenvalue weighted by atomic mass is 10.0. The Morgan fingerprint density at radius 3 is 2.75 bits per heavy atom. The molecule has 1 aliphatic rings. The van der Waals surface area contributed by atoms with E-state index in [1.807, 2.05) is 0 Å². The molecule has 3 aromatic heterocycles. The first kappa shape index (κ1) is 23.9. The van der Waals surface area contributed by atoms with Gasteiger partial charge in [-0.1, -0.05) is 12.1 Å². The third-order valence-corrected chi connectivity index (χ3v) is 5.95. The number of anilines is 2. The number of carbonyl (C=O) groups excluding carboxylic acids is 1. The number of hydrogen-bond donors (Lipinski definition) is 1. The average molecular weight is 503 g/mol. The maximum Gasteiger partial charge on any atom is 0.419 e. The van der Waals surface area contributed by atoms with Gasteiger partial charge in [0.1, 0.15) is 23.8 Å². The smallest absolute Gasteiger partial charge is 0.379 e. The van der Waals surface area contributed by atoms with E-state index in [1.54, 1.807) is 17.9 Å². The van der Waals surface area contributed by atoms with Crippen molar-refractivity contribution in [2.45, 2.75) is 32.5 Å². The number of ether oxygens (including phenoxy) is 1. The number of pyridine rings is 1. The normalized spacial score (nSPS) is 15.9. The maximum atomic E-state index is 14.8. The first-order valence-electron chi connectivity index (χ1n) is 11.2. The number of nitrogens with zero attached hydrogens (tertiary/aromatic N) is 6. The molecule has 4 aromatic rings. The first-order valence-corrected chi connectivity index (χ1v) is 11.2. The summed E-state index contributed by atoms with van der Waals surface area (Å²) in [6, 6.07) is 3.94. The van der Waals surface area contributed by atoms with E-state index in [1.165, 1.54) is 23.8 Å². The predicted molar refractivity (Wildman–Crippen MR) is 122 cm³/mol. The quantitative estimate of drug-likeness (QED) is 0.420. The second kappa shape index (κ2) is 8.97. The number of hydrogen-bond acceptors (Lipinski definition) is 7. The van der Waals surface area contributed by atoms with Crippen molar-refractivity contribution in [3.8, 4) is 0 Å². The molecule has 1 N–H and O–H groups in total. The van der Waals surface area contributed by atoms with Crippen LogP contribution >= 0.6 is 0 Å². The van der Waals surface area contributed by atoms with Crippen molar-refractivity contribution in [2.75, 3.05) is 30.0 Å². The standard InChI is InChI=1S/C23H21F4N7O2/c1-12(14-4-3-5-16(19(14)24)23(25,26)27)30-20-15-10-17(33-7-9-36-8-6-18(33)35)22-31-13(2)32-34(22)21(15)29-11-28-20/h3-5,10-12H,6-9H2,1-2H3,(H,28,29,30)/t12-/m1/s1. The van der Waals surface area contributed by atoms with Gasteiger partial charge in [0.05, 0.1) is 42.3 Å². The number of rotatable bonds is 4. The molecule has 0 aliphatic carbocycles. The van der Waals surface area contributed by atoms with Crippen LogP contribution in [0.4, 0.5) is 29.1 Å². The van der Waals surface area contributed by atoms with Crippen molar-refractivity contribution >= 4 is 34.1 Å². The second-order valence-electron chi connectivity index (χ2n) is 8.36. The summed E-state index contributed by atoms with van der Waals surface area (Å²) in [5.41, 5.74) is -0.271. The zero-order valence-electron chi connectivity index (χ0n) is 19.3. The molecule has 0 spiro atoms. The van der Waals surface area contributed by atoms with Gasteiger partial charge in [-0.05, 0) is 26.0 Å². The van der Waals surface area contributed by atoms with Gasteiger partial charge < -0.3 is 15.0 Å². The van der Waals surface area contributed by atoms with Gasteiger partial charge in [-0.3, -0.25) is 4.79 Å². The molecule has 1 amide bonds. The maximum absolute atomic E-state index is 14.8. The zero-order chi connectivity index (χ0) is 25.6. The summed E-state index contributed by atoms with van der Waals surface area (Å²) in [6.45, 7) is 4.18. The fourth-order valence-corrected chi connectivity index (χ4v) is 4.25. The molecule has 9 nitrogen and oxygen atoms in total. The Balaban J connectivity index is 1.63. The highest BCUT2D eigenvalue weighted by atomic mass is 19.4. The van der Waals surface area contributed by atoms with E-state index in [0.29, 0.717) is 54.0 Å². The van der Waals surface area contributed by atoms with Gasteiger partial charge >= 0.3 is 6.18 Å². The molecule has 1 aromatic carbocycles. The molecule has 36 heavy (non-hydrogen) atoms. The second-order valence-corrected chi connectivity index (χ2v) is 8.36. The van der Waals surface area contributed by atoms with Crippen molar-refractivity contribution in [3.63, 3.8) is 0 Å². The van der Waals surface area contributed by atoms with E-state index in [9.17, 15) is 22.4 Å². The molecule has 1 saturated heterocycles. The Morgan fingerprint density at radius 1 is 1.17 bits per heavy atom. The molecule has 4 heterocycles. The predicted octanol–water partition coefficient (Wildman–Crippen LogP) is 4.07. The molecule has 1 fully saturated rings. The summed E-state index contributed by atoms with van der Waals surface area (Å²) in [4.78, 5) is 27.4. The number of alkyl halides is 3. The molecular formula is C23H21F4N7O2. The Morgan fingerprint density at radius 2 is 1.97 bits per heavy atom. The van der Waals surface area contributed by atoms with E-state index in [0.717, 1.165) is 6.07 Å². The topological polar surface area (TPSA) is 97.5 Å². The molecule has 5 rings (SSSR count). The average Bonchev–Trinajstić information content (AvgIpc) is 3.09. The summed E-state index contributed by atoms with van der Waals surface area (Å²) >= 11 is 0. The lowest BCUT2D eigenvalue weighted by molar-refractivity contribution is -0.140. The number of fused-ring (bicyclic) bond motifs is 3. The number of carbonyl (C=O) groups is 1. The largest absolute Gasteiger partial charge is 0.419 e. The third-order valence-electron chi connectivity index (χ3n) is 5.95. The molecule has 0 unspecified atom stereocenters. The molecule has 0 saturated carbocycles. The molecule has 1 aliphatic heterocycles. The van der Waals surface area contributed by atoms with Gasteiger partial charge in [0, 0.05) is 12.1 Å². The number of halogens is 4. The van der Waals surface area contributed by atoms with Crippen molar-refractivity contribution < 1.29 is 27.1 Å². The van der Waals surface area contributed by atoms with E-state index in [2.05, 4.69) is 25.4 Å². The number of aromatic nitrogens is 5. The van der Waals surface area contributed by atoms with Gasteiger partial charge in [0.25, 0.3) is 0 Å². The monoisotopic (exact) mass is 503 g/mol. The minimum Gasteiger partial charge on any atom is -0.379 e. The van der Waals surface area contributed by atoms with Crippen molar-refractivity contribution in [1.82, 2.24) is 24.6 Å². The summed E-state index contributed by atoms with van der Waals surface area (Å²) in [7, 11) is 0. The molecule has 0 radical (unpaired) electrons. The van der Waals surface area contributed by atoms with Crippen LogP contribution in [0.1, 0.15) is 36.3 Å². The van der Waals surface area contributed by atoms with Gasteiger partial charge in [-0.15, -0.1) is 5.10 Å². The number of benzene rings is 1.